The lowest BCUT2D eigenvalue weighted by Gasteiger charge is -2.06. The predicted octanol–water partition coefficient (Wildman–Crippen LogP) is 3.07. The fourth-order valence-corrected chi connectivity index (χ4v) is 3.55. The Morgan fingerprint density at radius 2 is 1.97 bits per heavy atom. The fraction of sp³-hybridized carbons (Fsp3) is 0.100. The van der Waals surface area contributed by atoms with E-state index in [0.29, 0.717) is 22.2 Å². The third kappa shape index (κ3) is 3.99. The summed E-state index contributed by atoms with van der Waals surface area (Å²) >= 11 is 1.18. The summed E-state index contributed by atoms with van der Waals surface area (Å²) in [5, 5.41) is 12.5. The minimum absolute atomic E-state index is 0.0591. The number of amides is 1. The number of nitrogen functional groups attached to an aromatic ring is 1. The van der Waals surface area contributed by atoms with Gasteiger partial charge in [-0.25, -0.2) is 4.68 Å². The van der Waals surface area contributed by atoms with Crippen molar-refractivity contribution in [3.8, 4) is 11.5 Å². The van der Waals surface area contributed by atoms with Crippen LogP contribution in [0.1, 0.15) is 17.3 Å². The van der Waals surface area contributed by atoms with Gasteiger partial charge in [-0.2, -0.15) is 0 Å². The number of para-hydroxylation sites is 1. The molecule has 0 radical (unpaired) electrons. The largest absolute Gasteiger partial charge is 0.352 e. The van der Waals surface area contributed by atoms with Gasteiger partial charge in [-0.05, 0) is 31.2 Å². The number of nitrogens with two attached hydrogens (primary N) is 1. The molecule has 0 saturated heterocycles. The zero-order valence-corrected chi connectivity index (χ0v) is 16.4. The summed E-state index contributed by atoms with van der Waals surface area (Å²) in [6, 6.07) is 16.6. The molecule has 0 spiro atoms. The van der Waals surface area contributed by atoms with E-state index in [2.05, 4.69) is 20.5 Å². The van der Waals surface area contributed by atoms with E-state index in [1.165, 1.54) is 23.4 Å². The van der Waals surface area contributed by atoms with Crippen LogP contribution < -0.4 is 11.2 Å². The number of hydrogen-bond donors (Lipinski definition) is 3. The van der Waals surface area contributed by atoms with Gasteiger partial charge in [0.15, 0.2) is 11.6 Å². The lowest BCUT2D eigenvalue weighted by molar-refractivity contribution is -0.113. The van der Waals surface area contributed by atoms with Gasteiger partial charge in [0.25, 0.3) is 0 Å². The molecule has 8 nitrogen and oxygen atoms in total. The van der Waals surface area contributed by atoms with Crippen LogP contribution in [0.2, 0.25) is 0 Å². The van der Waals surface area contributed by atoms with Crippen molar-refractivity contribution in [3.63, 3.8) is 0 Å². The summed E-state index contributed by atoms with van der Waals surface area (Å²) in [7, 11) is 0. The van der Waals surface area contributed by atoms with E-state index < -0.39 is 0 Å². The number of H-pyrrole nitrogens is 1. The highest BCUT2D eigenvalue weighted by Gasteiger charge is 2.15. The molecule has 4 N–H and O–H groups in total. The third-order valence-corrected chi connectivity index (χ3v) is 5.26. The molecule has 2 aromatic heterocycles. The van der Waals surface area contributed by atoms with Crippen LogP contribution in [0.25, 0.3) is 22.4 Å². The zero-order valence-electron chi connectivity index (χ0n) is 15.5. The minimum atomic E-state index is -0.231. The van der Waals surface area contributed by atoms with Crippen molar-refractivity contribution in [1.29, 1.82) is 0 Å². The van der Waals surface area contributed by atoms with Gasteiger partial charge in [-0.15, -0.1) is 10.2 Å². The molecule has 4 rings (SSSR count). The maximum Gasteiger partial charge on any atom is 0.234 e. The first-order valence-corrected chi connectivity index (χ1v) is 9.82. The molecular formula is C20H18N6O2S. The fourth-order valence-electron chi connectivity index (χ4n) is 2.90. The second-order valence-corrected chi connectivity index (χ2v) is 7.36. The molecule has 2 aromatic carbocycles. The number of thioether (sulfide) groups is 1. The average molecular weight is 406 g/mol. The first-order chi connectivity index (χ1) is 14.0. The number of ketones is 1. The van der Waals surface area contributed by atoms with Crippen molar-refractivity contribution in [2.45, 2.75) is 12.1 Å². The summed E-state index contributed by atoms with van der Waals surface area (Å²) in [6.45, 7) is 1.48. The maximum atomic E-state index is 12.3. The van der Waals surface area contributed by atoms with E-state index in [-0.39, 0.29) is 17.4 Å². The lowest BCUT2D eigenvalue weighted by Crippen LogP contribution is -2.16. The van der Waals surface area contributed by atoms with Gasteiger partial charge in [0.05, 0.1) is 11.4 Å². The van der Waals surface area contributed by atoms with E-state index in [1.54, 1.807) is 24.3 Å². The van der Waals surface area contributed by atoms with Crippen molar-refractivity contribution < 1.29 is 9.59 Å². The highest BCUT2D eigenvalue weighted by molar-refractivity contribution is 7.99. The van der Waals surface area contributed by atoms with Crippen molar-refractivity contribution in [3.05, 3.63) is 60.2 Å². The SMILES string of the molecule is CC(=O)c1cccc(NC(=O)CSc2nnc(-c3cc4ccccc4[nH]3)n2N)c1. The Kier molecular flexibility index (Phi) is 5.05. The summed E-state index contributed by atoms with van der Waals surface area (Å²) in [4.78, 5) is 27.0. The van der Waals surface area contributed by atoms with Crippen LogP contribution in [0.3, 0.4) is 0 Å². The van der Waals surface area contributed by atoms with Gasteiger partial charge in [-0.3, -0.25) is 9.59 Å². The van der Waals surface area contributed by atoms with Gasteiger partial charge in [0.1, 0.15) is 0 Å². The smallest absolute Gasteiger partial charge is 0.234 e. The normalized spacial score (nSPS) is 10.9. The van der Waals surface area contributed by atoms with Gasteiger partial charge in [-0.1, -0.05) is 42.1 Å². The Bertz CT molecular complexity index is 1180. The van der Waals surface area contributed by atoms with Crippen molar-refractivity contribution in [2.24, 2.45) is 0 Å². The van der Waals surface area contributed by atoms with Crippen molar-refractivity contribution in [1.82, 2.24) is 19.9 Å². The standard InChI is InChI=1S/C20H18N6O2S/c1-12(27)13-6-4-7-15(9-13)22-18(28)11-29-20-25-24-19(26(20)21)17-10-14-5-2-3-8-16(14)23-17/h2-10,23H,11,21H2,1H3,(H,22,28). The van der Waals surface area contributed by atoms with Crippen LogP contribution in [-0.4, -0.2) is 37.3 Å². The van der Waals surface area contributed by atoms with Gasteiger partial charge in [0.2, 0.25) is 11.1 Å². The van der Waals surface area contributed by atoms with E-state index in [1.807, 2.05) is 30.3 Å². The first-order valence-electron chi connectivity index (χ1n) is 8.83. The van der Waals surface area contributed by atoms with Gasteiger partial charge < -0.3 is 16.1 Å². The van der Waals surface area contributed by atoms with Gasteiger partial charge in [0, 0.05) is 22.2 Å². The number of carbonyl (C=O) groups excluding carboxylic acids is 2. The number of carbonyl (C=O) groups is 2. The second-order valence-electron chi connectivity index (χ2n) is 6.42. The molecule has 0 atom stereocenters. The molecule has 0 saturated carbocycles. The molecule has 1 amide bonds. The Hall–Kier alpha value is -3.59. The van der Waals surface area contributed by atoms with E-state index in [0.717, 1.165) is 16.6 Å². The van der Waals surface area contributed by atoms with E-state index in [4.69, 9.17) is 5.84 Å². The number of benzene rings is 2. The molecule has 146 valence electrons. The summed E-state index contributed by atoms with van der Waals surface area (Å²) in [5.74, 6) is 6.43. The number of hydrogen-bond acceptors (Lipinski definition) is 6. The number of nitrogens with one attached hydrogen (secondary N) is 2. The number of nitrogens with zero attached hydrogens (tertiary/aromatic N) is 3. The lowest BCUT2D eigenvalue weighted by atomic mass is 10.1. The average Bonchev–Trinajstić information content (AvgIpc) is 3.29. The van der Waals surface area contributed by atoms with Crippen LogP contribution in [0.15, 0.2) is 59.8 Å². The molecule has 0 aliphatic rings. The second kappa shape index (κ2) is 7.80. The van der Waals surface area contributed by atoms with Crippen LogP contribution in [0, 0.1) is 0 Å². The monoisotopic (exact) mass is 406 g/mol. The number of rotatable bonds is 6. The maximum absolute atomic E-state index is 12.3. The molecule has 0 bridgehead atoms. The molecular weight excluding hydrogens is 388 g/mol. The molecule has 0 aliphatic carbocycles. The summed E-state index contributed by atoms with van der Waals surface area (Å²) in [5.41, 5.74) is 2.84. The quantitative estimate of drug-likeness (QED) is 0.257. The zero-order chi connectivity index (χ0) is 20.4. The highest BCUT2D eigenvalue weighted by atomic mass is 32.2. The Labute approximate surface area is 170 Å². The Balaban J connectivity index is 1.43. The molecule has 0 aliphatic heterocycles. The molecule has 4 aromatic rings. The molecule has 9 heteroatoms. The Morgan fingerprint density at radius 3 is 2.76 bits per heavy atom. The van der Waals surface area contributed by atoms with Crippen LogP contribution in [0.4, 0.5) is 5.69 Å². The molecule has 2 heterocycles. The summed E-state index contributed by atoms with van der Waals surface area (Å²) in [6.07, 6.45) is 0. The van der Waals surface area contributed by atoms with Crippen LogP contribution in [-0.2, 0) is 4.79 Å². The molecule has 0 unspecified atom stereocenters. The number of aromatic amines is 1. The minimum Gasteiger partial charge on any atom is -0.352 e. The van der Waals surface area contributed by atoms with Gasteiger partial charge >= 0.3 is 0 Å². The topological polar surface area (TPSA) is 119 Å². The number of Topliss-reactive ketones (excluding diaryl/α,β-unsaturated/α-hetero) is 1. The van der Waals surface area contributed by atoms with Crippen LogP contribution >= 0.6 is 11.8 Å². The summed E-state index contributed by atoms with van der Waals surface area (Å²) < 4.78 is 1.36. The highest BCUT2D eigenvalue weighted by Crippen LogP contribution is 2.25. The number of fused-ring (bicyclic) bond motifs is 1. The van der Waals surface area contributed by atoms with Crippen molar-refractivity contribution >= 4 is 40.0 Å². The molecule has 29 heavy (non-hydrogen) atoms. The molecule has 0 fully saturated rings. The van der Waals surface area contributed by atoms with Crippen LogP contribution in [0.5, 0.6) is 0 Å². The Morgan fingerprint density at radius 1 is 1.14 bits per heavy atom. The first kappa shape index (κ1) is 18.8. The van der Waals surface area contributed by atoms with E-state index in [9.17, 15) is 9.59 Å². The van der Waals surface area contributed by atoms with Crippen molar-refractivity contribution in [2.75, 3.05) is 16.9 Å². The predicted molar refractivity (Wildman–Crippen MR) is 113 cm³/mol. The van der Waals surface area contributed by atoms with E-state index >= 15 is 0 Å². The number of anilines is 1. The number of aromatic nitrogens is 4. The third-order valence-electron chi connectivity index (χ3n) is 4.32.